The number of amides is 1. The van der Waals surface area contributed by atoms with E-state index in [1.54, 1.807) is 7.05 Å². The average molecular weight is 309 g/mol. The lowest BCUT2D eigenvalue weighted by molar-refractivity contribution is -0.121. The summed E-state index contributed by atoms with van der Waals surface area (Å²) in [5.74, 6) is 2.09. The van der Waals surface area contributed by atoms with Crippen molar-refractivity contribution >= 4 is 11.9 Å². The zero-order chi connectivity index (χ0) is 16.5. The highest BCUT2D eigenvalue weighted by molar-refractivity contribution is 5.81. The van der Waals surface area contributed by atoms with Crippen LogP contribution in [0.1, 0.15) is 44.0 Å². The van der Waals surface area contributed by atoms with Crippen LogP contribution in [0.4, 0.5) is 0 Å². The van der Waals surface area contributed by atoms with Crippen LogP contribution in [0.2, 0.25) is 0 Å². The highest BCUT2D eigenvalue weighted by atomic mass is 16.4. The molecule has 1 heterocycles. The summed E-state index contributed by atoms with van der Waals surface area (Å²) in [7, 11) is 1.68. The van der Waals surface area contributed by atoms with E-state index in [1.807, 2.05) is 27.7 Å². The van der Waals surface area contributed by atoms with Crippen LogP contribution >= 0.6 is 0 Å². The summed E-state index contributed by atoms with van der Waals surface area (Å²) in [6.45, 7) is 8.80. The third-order valence-electron chi connectivity index (χ3n) is 3.37. The second-order valence-corrected chi connectivity index (χ2v) is 5.23. The number of rotatable bonds is 7. The number of carbonyl (C=O) groups is 1. The summed E-state index contributed by atoms with van der Waals surface area (Å²) in [6, 6.07) is 0.210. The van der Waals surface area contributed by atoms with Gasteiger partial charge >= 0.3 is 0 Å². The van der Waals surface area contributed by atoms with Crippen molar-refractivity contribution in [3.05, 3.63) is 17.3 Å². The first-order chi connectivity index (χ1) is 10.5. The fourth-order valence-corrected chi connectivity index (χ4v) is 1.74. The van der Waals surface area contributed by atoms with Crippen molar-refractivity contribution in [1.29, 1.82) is 0 Å². The summed E-state index contributed by atoms with van der Waals surface area (Å²) in [5.41, 5.74) is 0.890. The molecule has 1 unspecified atom stereocenters. The molecule has 0 aromatic carbocycles. The molecule has 1 atom stereocenters. The predicted octanol–water partition coefficient (Wildman–Crippen LogP) is 1.26. The summed E-state index contributed by atoms with van der Waals surface area (Å²) >= 11 is 0. The maximum absolute atomic E-state index is 11.7. The number of nitrogens with zero attached hydrogens (tertiary/aromatic N) is 2. The highest BCUT2D eigenvalue weighted by Crippen LogP contribution is 2.07. The van der Waals surface area contributed by atoms with E-state index >= 15 is 0 Å². The molecule has 1 rings (SSSR count). The molecular formula is C15H27N5O2. The van der Waals surface area contributed by atoms with Crippen molar-refractivity contribution in [3.8, 4) is 0 Å². The van der Waals surface area contributed by atoms with E-state index in [4.69, 9.17) is 4.42 Å². The Balaban J connectivity index is 2.29. The van der Waals surface area contributed by atoms with Gasteiger partial charge in [-0.3, -0.25) is 9.79 Å². The lowest BCUT2D eigenvalue weighted by Gasteiger charge is -2.13. The van der Waals surface area contributed by atoms with Gasteiger partial charge in [0.2, 0.25) is 11.8 Å². The first-order valence-electron chi connectivity index (χ1n) is 7.63. The Morgan fingerprint density at radius 1 is 1.36 bits per heavy atom. The first-order valence-corrected chi connectivity index (χ1v) is 7.63. The van der Waals surface area contributed by atoms with Gasteiger partial charge in [-0.05, 0) is 27.2 Å². The Labute approximate surface area is 132 Å². The largest absolute Gasteiger partial charge is 0.444 e. The van der Waals surface area contributed by atoms with E-state index in [-0.39, 0.29) is 11.9 Å². The molecule has 0 fully saturated rings. The molecule has 0 aliphatic heterocycles. The SMILES string of the molecule is CCC(C)NC(=O)CCNC(=NC)NCc1nc(C)c(C)o1. The van der Waals surface area contributed by atoms with Gasteiger partial charge in [-0.2, -0.15) is 0 Å². The van der Waals surface area contributed by atoms with Crippen LogP contribution in [0.3, 0.4) is 0 Å². The Hall–Kier alpha value is -2.05. The molecule has 0 saturated carbocycles. The molecule has 3 N–H and O–H groups in total. The van der Waals surface area contributed by atoms with Gasteiger partial charge in [0.05, 0.1) is 12.2 Å². The third kappa shape index (κ3) is 6.15. The third-order valence-corrected chi connectivity index (χ3v) is 3.37. The van der Waals surface area contributed by atoms with Gasteiger partial charge in [0.25, 0.3) is 0 Å². The second-order valence-electron chi connectivity index (χ2n) is 5.23. The molecule has 124 valence electrons. The Bertz CT molecular complexity index is 491. The number of nitrogens with one attached hydrogen (secondary N) is 3. The fraction of sp³-hybridized carbons (Fsp3) is 0.667. The maximum atomic E-state index is 11.7. The van der Waals surface area contributed by atoms with E-state index in [0.29, 0.717) is 31.4 Å². The maximum Gasteiger partial charge on any atom is 0.221 e. The molecule has 0 radical (unpaired) electrons. The number of guanidine groups is 1. The van der Waals surface area contributed by atoms with E-state index in [9.17, 15) is 4.79 Å². The molecule has 7 nitrogen and oxygen atoms in total. The van der Waals surface area contributed by atoms with Crippen molar-refractivity contribution in [1.82, 2.24) is 20.9 Å². The van der Waals surface area contributed by atoms with Crippen LogP contribution in [0.5, 0.6) is 0 Å². The summed E-state index contributed by atoms with van der Waals surface area (Å²) in [4.78, 5) is 20.1. The van der Waals surface area contributed by atoms with Crippen LogP contribution in [-0.4, -0.2) is 36.5 Å². The van der Waals surface area contributed by atoms with Crippen LogP contribution in [-0.2, 0) is 11.3 Å². The molecule has 0 aliphatic rings. The molecule has 0 bridgehead atoms. The zero-order valence-corrected chi connectivity index (χ0v) is 14.1. The molecule has 0 saturated heterocycles. The fourth-order valence-electron chi connectivity index (χ4n) is 1.74. The van der Waals surface area contributed by atoms with E-state index < -0.39 is 0 Å². The van der Waals surface area contributed by atoms with Gasteiger partial charge in [0.15, 0.2) is 5.96 Å². The topological polar surface area (TPSA) is 91.5 Å². The van der Waals surface area contributed by atoms with E-state index in [2.05, 4.69) is 25.9 Å². The minimum Gasteiger partial charge on any atom is -0.444 e. The van der Waals surface area contributed by atoms with Crippen molar-refractivity contribution in [3.63, 3.8) is 0 Å². The molecular weight excluding hydrogens is 282 g/mol. The number of carbonyl (C=O) groups excluding carboxylic acids is 1. The van der Waals surface area contributed by atoms with Gasteiger partial charge in [-0.15, -0.1) is 0 Å². The molecule has 1 amide bonds. The molecule has 1 aromatic rings. The number of hydrogen-bond acceptors (Lipinski definition) is 4. The number of aromatic nitrogens is 1. The molecule has 0 spiro atoms. The molecule has 7 heteroatoms. The van der Waals surface area contributed by atoms with Gasteiger partial charge in [0, 0.05) is 26.1 Å². The van der Waals surface area contributed by atoms with Gasteiger partial charge in [-0.1, -0.05) is 6.92 Å². The Kier molecular flexibility index (Phi) is 7.42. The summed E-state index contributed by atoms with van der Waals surface area (Å²) in [6.07, 6.45) is 1.33. The van der Waals surface area contributed by atoms with Gasteiger partial charge in [0.1, 0.15) is 5.76 Å². The quantitative estimate of drug-likeness (QED) is 0.521. The lowest BCUT2D eigenvalue weighted by Crippen LogP contribution is -2.40. The number of oxazole rings is 1. The Morgan fingerprint density at radius 2 is 2.09 bits per heavy atom. The van der Waals surface area contributed by atoms with Crippen molar-refractivity contribution in [2.45, 2.75) is 53.1 Å². The first kappa shape index (κ1) is 18.0. The minimum atomic E-state index is 0.0382. The predicted molar refractivity (Wildman–Crippen MR) is 86.7 cm³/mol. The molecule has 1 aromatic heterocycles. The number of aryl methyl sites for hydroxylation is 2. The summed E-state index contributed by atoms with van der Waals surface area (Å²) < 4.78 is 5.49. The standard InChI is InChI=1S/C15H27N5O2/c1-6-10(2)19-13(21)7-8-17-15(16-5)18-9-14-20-11(3)12(4)22-14/h10H,6-9H2,1-5H3,(H,19,21)(H2,16,17,18). The van der Waals surface area contributed by atoms with Crippen molar-refractivity contribution in [2.75, 3.05) is 13.6 Å². The summed E-state index contributed by atoms with van der Waals surface area (Å²) in [5, 5.41) is 9.12. The van der Waals surface area contributed by atoms with Gasteiger partial charge in [-0.25, -0.2) is 4.98 Å². The molecule has 0 aliphatic carbocycles. The zero-order valence-electron chi connectivity index (χ0n) is 14.1. The van der Waals surface area contributed by atoms with Crippen LogP contribution in [0, 0.1) is 13.8 Å². The number of aliphatic imine (C=N–C) groups is 1. The minimum absolute atomic E-state index is 0.0382. The van der Waals surface area contributed by atoms with Gasteiger partial charge < -0.3 is 20.4 Å². The normalized spacial score (nSPS) is 12.9. The molecule has 22 heavy (non-hydrogen) atoms. The van der Waals surface area contributed by atoms with E-state index in [0.717, 1.165) is 17.9 Å². The van der Waals surface area contributed by atoms with Crippen LogP contribution in [0.15, 0.2) is 9.41 Å². The van der Waals surface area contributed by atoms with Crippen molar-refractivity contribution < 1.29 is 9.21 Å². The van der Waals surface area contributed by atoms with Crippen molar-refractivity contribution in [2.24, 2.45) is 4.99 Å². The monoisotopic (exact) mass is 309 g/mol. The Morgan fingerprint density at radius 3 is 2.64 bits per heavy atom. The second kappa shape index (κ2) is 9.07. The average Bonchev–Trinajstić information content (AvgIpc) is 2.81. The van der Waals surface area contributed by atoms with E-state index in [1.165, 1.54) is 0 Å². The number of hydrogen-bond donors (Lipinski definition) is 3. The smallest absolute Gasteiger partial charge is 0.221 e. The van der Waals surface area contributed by atoms with Crippen LogP contribution in [0.25, 0.3) is 0 Å². The van der Waals surface area contributed by atoms with Crippen LogP contribution < -0.4 is 16.0 Å². The highest BCUT2D eigenvalue weighted by Gasteiger charge is 2.08. The lowest BCUT2D eigenvalue weighted by atomic mass is 10.2.